The van der Waals surface area contributed by atoms with E-state index in [0.29, 0.717) is 44.1 Å². The van der Waals surface area contributed by atoms with Gasteiger partial charge in [0.05, 0.1) is 19.1 Å². The summed E-state index contributed by atoms with van der Waals surface area (Å²) in [6.45, 7) is 3.85. The van der Waals surface area contributed by atoms with Crippen molar-refractivity contribution >= 4 is 16.1 Å². The van der Waals surface area contributed by atoms with Gasteiger partial charge >= 0.3 is 6.03 Å². The lowest BCUT2D eigenvalue weighted by molar-refractivity contribution is 0.200. The van der Waals surface area contributed by atoms with Gasteiger partial charge in [-0.25, -0.2) is 13.2 Å². The summed E-state index contributed by atoms with van der Waals surface area (Å²) in [6.07, 6.45) is 0.560. The Morgan fingerprint density at radius 3 is 2.35 bits per heavy atom. The molecule has 0 spiro atoms. The first-order valence-electron chi connectivity index (χ1n) is 10.2. The van der Waals surface area contributed by atoms with Gasteiger partial charge in [-0.1, -0.05) is 29.8 Å². The van der Waals surface area contributed by atoms with Crippen molar-refractivity contribution in [2.45, 2.75) is 24.8 Å². The fraction of sp³-hybridized carbons (Fsp3) is 0.409. The lowest BCUT2D eigenvalue weighted by Crippen LogP contribution is -2.42. The number of carbonyl (C=O) groups is 1. The van der Waals surface area contributed by atoms with Crippen LogP contribution in [0.2, 0.25) is 0 Å². The van der Waals surface area contributed by atoms with Crippen molar-refractivity contribution in [2.24, 2.45) is 0 Å². The quantitative estimate of drug-likeness (QED) is 0.736. The molecular weight excluding hydrogens is 418 g/mol. The molecule has 1 fully saturated rings. The molecule has 168 valence electrons. The van der Waals surface area contributed by atoms with Gasteiger partial charge in [0.2, 0.25) is 10.0 Å². The van der Waals surface area contributed by atoms with E-state index < -0.39 is 10.0 Å². The van der Waals surface area contributed by atoms with E-state index in [0.717, 1.165) is 5.56 Å². The molecule has 1 N–H and O–H groups in total. The Balaban J connectivity index is 1.63. The first kappa shape index (κ1) is 22.9. The summed E-state index contributed by atoms with van der Waals surface area (Å²) in [6, 6.07) is 12.3. The number of rotatable bonds is 6. The first-order valence-corrected chi connectivity index (χ1v) is 11.6. The van der Waals surface area contributed by atoms with Crippen molar-refractivity contribution in [2.75, 3.05) is 40.4 Å². The maximum atomic E-state index is 13.1. The lowest BCUT2D eigenvalue weighted by atomic mass is 10.1. The molecule has 2 aromatic carbocycles. The minimum Gasteiger partial charge on any atom is -0.493 e. The maximum absolute atomic E-state index is 13.1. The van der Waals surface area contributed by atoms with E-state index in [-0.39, 0.29) is 17.5 Å². The number of methoxy groups -OCH3 is 2. The molecule has 3 rings (SSSR count). The van der Waals surface area contributed by atoms with Crippen molar-refractivity contribution < 1.29 is 22.7 Å². The predicted octanol–water partition coefficient (Wildman–Crippen LogP) is 2.62. The maximum Gasteiger partial charge on any atom is 0.317 e. The minimum absolute atomic E-state index is 0.141. The number of hydrogen-bond donors (Lipinski definition) is 1. The number of carbonyl (C=O) groups excluding carboxylic acids is 1. The number of aryl methyl sites for hydroxylation is 1. The number of nitrogens with one attached hydrogen (secondary N) is 1. The smallest absolute Gasteiger partial charge is 0.317 e. The molecule has 1 heterocycles. The van der Waals surface area contributed by atoms with Gasteiger partial charge in [0, 0.05) is 38.8 Å². The Morgan fingerprint density at radius 1 is 0.968 bits per heavy atom. The lowest BCUT2D eigenvalue weighted by Gasteiger charge is -2.22. The summed E-state index contributed by atoms with van der Waals surface area (Å²) in [7, 11) is -0.747. The standard InChI is InChI=1S/C22H29N3O5S/c1-17-5-7-18(8-6-17)16-23-22(26)24-11-4-12-25(14-13-24)31(27,28)19-9-10-20(29-2)21(15-19)30-3/h5-10,15H,4,11-14,16H2,1-3H3,(H,23,26). The third-order valence-corrected chi connectivity index (χ3v) is 7.19. The number of benzene rings is 2. The van der Waals surface area contributed by atoms with Crippen LogP contribution in [0, 0.1) is 6.92 Å². The second-order valence-corrected chi connectivity index (χ2v) is 9.34. The van der Waals surface area contributed by atoms with Crippen molar-refractivity contribution in [3.8, 4) is 11.5 Å². The molecule has 1 saturated heterocycles. The highest BCUT2D eigenvalue weighted by molar-refractivity contribution is 7.89. The van der Waals surface area contributed by atoms with Crippen LogP contribution in [0.1, 0.15) is 17.5 Å². The van der Waals surface area contributed by atoms with E-state index in [4.69, 9.17) is 9.47 Å². The third kappa shape index (κ3) is 5.48. The van der Waals surface area contributed by atoms with Crippen LogP contribution in [0.25, 0.3) is 0 Å². The summed E-state index contributed by atoms with van der Waals surface area (Å²) >= 11 is 0. The number of nitrogens with zero attached hydrogens (tertiary/aromatic N) is 2. The molecule has 0 aromatic heterocycles. The highest BCUT2D eigenvalue weighted by Gasteiger charge is 2.29. The predicted molar refractivity (Wildman–Crippen MR) is 118 cm³/mol. The Bertz CT molecular complexity index is 1010. The molecule has 8 nitrogen and oxygen atoms in total. The number of amides is 2. The van der Waals surface area contributed by atoms with Crippen LogP contribution in [0.3, 0.4) is 0 Å². The fourth-order valence-electron chi connectivity index (χ4n) is 3.46. The van der Waals surface area contributed by atoms with Gasteiger partial charge in [-0.15, -0.1) is 0 Å². The molecule has 1 aliphatic heterocycles. The van der Waals surface area contributed by atoms with E-state index in [1.54, 1.807) is 11.0 Å². The van der Waals surface area contributed by atoms with Crippen LogP contribution in [0.4, 0.5) is 4.79 Å². The summed E-state index contributed by atoms with van der Waals surface area (Å²) < 4.78 is 38.1. The molecule has 0 radical (unpaired) electrons. The second kappa shape index (κ2) is 10.0. The first-order chi connectivity index (χ1) is 14.8. The Kier molecular flexibility index (Phi) is 7.40. The van der Waals surface area contributed by atoms with Crippen molar-refractivity contribution in [3.63, 3.8) is 0 Å². The van der Waals surface area contributed by atoms with Gasteiger partial charge < -0.3 is 19.7 Å². The SMILES string of the molecule is COc1ccc(S(=O)(=O)N2CCCN(C(=O)NCc3ccc(C)cc3)CC2)cc1OC. The molecule has 0 aliphatic carbocycles. The van der Waals surface area contributed by atoms with E-state index in [1.165, 1.54) is 36.2 Å². The third-order valence-electron chi connectivity index (χ3n) is 5.30. The molecule has 9 heteroatoms. The molecular formula is C22H29N3O5S. The molecule has 0 atom stereocenters. The van der Waals surface area contributed by atoms with Gasteiger partial charge in [-0.05, 0) is 31.0 Å². The topological polar surface area (TPSA) is 88.2 Å². The van der Waals surface area contributed by atoms with Gasteiger partial charge in [0.25, 0.3) is 0 Å². The van der Waals surface area contributed by atoms with Crippen LogP contribution >= 0.6 is 0 Å². The molecule has 31 heavy (non-hydrogen) atoms. The van der Waals surface area contributed by atoms with Crippen molar-refractivity contribution in [1.82, 2.24) is 14.5 Å². The average Bonchev–Trinajstić information content (AvgIpc) is 3.05. The molecule has 2 amide bonds. The van der Waals surface area contributed by atoms with Crippen molar-refractivity contribution in [1.29, 1.82) is 0 Å². The second-order valence-electron chi connectivity index (χ2n) is 7.41. The average molecular weight is 448 g/mol. The monoisotopic (exact) mass is 447 g/mol. The summed E-state index contributed by atoms with van der Waals surface area (Å²) in [5.74, 6) is 0.823. The molecule has 0 bridgehead atoms. The van der Waals surface area contributed by atoms with Crippen LogP contribution < -0.4 is 14.8 Å². The molecule has 1 aliphatic rings. The zero-order valence-corrected chi connectivity index (χ0v) is 18.9. The fourth-order valence-corrected chi connectivity index (χ4v) is 4.94. The summed E-state index contributed by atoms with van der Waals surface area (Å²) in [5.41, 5.74) is 2.19. The number of urea groups is 1. The summed E-state index contributed by atoms with van der Waals surface area (Å²) in [4.78, 5) is 14.4. The van der Waals surface area contributed by atoms with Crippen molar-refractivity contribution in [3.05, 3.63) is 53.6 Å². The number of ether oxygens (including phenoxy) is 2. The van der Waals surface area contributed by atoms with Gasteiger partial charge in [0.15, 0.2) is 11.5 Å². The minimum atomic E-state index is -3.71. The molecule has 0 unspecified atom stereocenters. The van der Waals surface area contributed by atoms with E-state index in [1.807, 2.05) is 31.2 Å². The van der Waals surface area contributed by atoms with Gasteiger partial charge in [-0.3, -0.25) is 0 Å². The van der Waals surface area contributed by atoms with Crippen LogP contribution in [0.5, 0.6) is 11.5 Å². The summed E-state index contributed by atoms with van der Waals surface area (Å²) in [5, 5.41) is 2.92. The molecule has 0 saturated carbocycles. The van der Waals surface area contributed by atoms with Crippen LogP contribution in [-0.4, -0.2) is 64.1 Å². The van der Waals surface area contributed by atoms with Crippen LogP contribution in [-0.2, 0) is 16.6 Å². The van der Waals surface area contributed by atoms with E-state index in [9.17, 15) is 13.2 Å². The highest BCUT2D eigenvalue weighted by Crippen LogP contribution is 2.30. The largest absolute Gasteiger partial charge is 0.493 e. The van der Waals surface area contributed by atoms with Gasteiger partial charge in [0.1, 0.15) is 0 Å². The molecule has 2 aromatic rings. The number of hydrogen-bond acceptors (Lipinski definition) is 5. The van der Waals surface area contributed by atoms with E-state index >= 15 is 0 Å². The van der Waals surface area contributed by atoms with Gasteiger partial charge in [-0.2, -0.15) is 4.31 Å². The normalized spacial score (nSPS) is 15.3. The zero-order chi connectivity index (χ0) is 22.4. The zero-order valence-electron chi connectivity index (χ0n) is 18.1. The van der Waals surface area contributed by atoms with Crippen LogP contribution in [0.15, 0.2) is 47.4 Å². The Hall–Kier alpha value is -2.78. The number of sulfonamides is 1. The Labute approximate surface area is 183 Å². The van der Waals surface area contributed by atoms with E-state index in [2.05, 4.69) is 5.32 Å². The Morgan fingerprint density at radius 2 is 1.68 bits per heavy atom. The highest BCUT2D eigenvalue weighted by atomic mass is 32.2.